The zero-order valence-corrected chi connectivity index (χ0v) is 38.8. The second-order valence-corrected chi connectivity index (χ2v) is 20.5. The van der Waals surface area contributed by atoms with E-state index in [4.69, 9.17) is 4.98 Å². The summed E-state index contributed by atoms with van der Waals surface area (Å²) in [6.07, 6.45) is 6.23. The Morgan fingerprint density at radius 2 is 1.49 bits per heavy atom. The molecule has 0 saturated carbocycles. The topological polar surface area (TPSA) is 45.5 Å². The van der Waals surface area contributed by atoms with Crippen LogP contribution in [-0.4, -0.2) is 21.3 Å². The number of benzene rings is 4. The predicted octanol–water partition coefficient (Wildman–Crippen LogP) is 14.8. The number of aliphatic hydroxyl groups excluding tert-OH is 1. The average molecular weight is 930 g/mol. The molecule has 0 aliphatic heterocycles. The van der Waals surface area contributed by atoms with E-state index >= 15 is 0 Å². The number of aliphatic imine (C=N–C) groups is 1. The van der Waals surface area contributed by atoms with Gasteiger partial charge in [-0.15, -0.1) is 40.5 Å². The van der Waals surface area contributed by atoms with Crippen molar-refractivity contribution in [1.82, 2.24) is 4.98 Å². The second-order valence-electron chi connectivity index (χ2n) is 19.4. The maximum Gasteiger partial charge on any atom is 0.0965 e. The van der Waals surface area contributed by atoms with Gasteiger partial charge in [-0.25, -0.2) is 0 Å². The monoisotopic (exact) mass is 930 g/mol. The van der Waals surface area contributed by atoms with Crippen molar-refractivity contribution in [2.75, 3.05) is 0 Å². The number of nitrogens with zero attached hydrogens (tertiary/aromatic N) is 2. The maximum absolute atomic E-state index is 9.72. The van der Waals surface area contributed by atoms with Crippen LogP contribution in [0.5, 0.6) is 0 Å². The van der Waals surface area contributed by atoms with Gasteiger partial charge in [0.05, 0.1) is 11.3 Å². The summed E-state index contributed by atoms with van der Waals surface area (Å²) in [6, 6.07) is 26.4. The molecule has 3 nitrogen and oxygen atoms in total. The van der Waals surface area contributed by atoms with Crippen LogP contribution in [0.4, 0.5) is 0 Å². The number of aromatic nitrogens is 1. The molecule has 0 unspecified atom stereocenters. The number of pyridine rings is 1. The number of aliphatic hydroxyl groups is 1. The molecule has 0 atom stereocenters. The molecule has 6 aromatic rings. The van der Waals surface area contributed by atoms with Gasteiger partial charge in [0.25, 0.3) is 0 Å². The minimum Gasteiger partial charge on any atom is -0.512 e. The predicted molar refractivity (Wildman–Crippen MR) is 238 cm³/mol. The van der Waals surface area contributed by atoms with Gasteiger partial charge < -0.3 is 5.11 Å². The van der Waals surface area contributed by atoms with Gasteiger partial charge in [0, 0.05) is 63.8 Å². The third kappa shape index (κ3) is 8.80. The normalized spacial score (nSPS) is 16.1. The van der Waals surface area contributed by atoms with Crippen molar-refractivity contribution in [2.45, 2.75) is 132 Å². The van der Waals surface area contributed by atoms with Crippen LogP contribution in [0.3, 0.4) is 0 Å². The molecule has 0 amide bonds. The average Bonchev–Trinajstić information content (AvgIpc) is 3.44. The fraction of sp³-hybridized carbons (Fsp3) is 0.440. The first kappa shape index (κ1) is 42.8. The molecule has 4 aromatic carbocycles. The Kier molecular flexibility index (Phi) is 12.1. The Balaban J connectivity index is 0.000000311. The van der Waals surface area contributed by atoms with Crippen LogP contribution >= 0.6 is 11.3 Å². The molecule has 0 spiro atoms. The summed E-state index contributed by atoms with van der Waals surface area (Å²) in [5.74, 6) is 0.908. The maximum atomic E-state index is 9.72. The molecular formula is C50H61IrN2OS-. The van der Waals surface area contributed by atoms with E-state index in [-0.39, 0.29) is 47.8 Å². The summed E-state index contributed by atoms with van der Waals surface area (Å²) in [7, 11) is 0. The van der Waals surface area contributed by atoms with Crippen molar-refractivity contribution >= 4 is 58.8 Å². The zero-order valence-electron chi connectivity index (χ0n) is 35.6. The van der Waals surface area contributed by atoms with Crippen LogP contribution in [0.2, 0.25) is 0 Å². The summed E-state index contributed by atoms with van der Waals surface area (Å²) >= 11 is 1.98. The molecule has 0 saturated heterocycles. The molecule has 1 radical (unpaired) electrons. The Hall–Kier alpha value is -3.37. The third-order valence-electron chi connectivity index (χ3n) is 11.1. The summed E-state index contributed by atoms with van der Waals surface area (Å²) in [5.41, 5.74) is 7.82. The zero-order chi connectivity index (χ0) is 39.5. The van der Waals surface area contributed by atoms with Crippen molar-refractivity contribution in [3.8, 4) is 11.3 Å². The molecule has 2 aromatic heterocycles. The molecule has 1 aliphatic rings. The fourth-order valence-corrected chi connectivity index (χ4v) is 9.31. The van der Waals surface area contributed by atoms with Crippen LogP contribution in [0.15, 0.2) is 83.7 Å². The van der Waals surface area contributed by atoms with Crippen LogP contribution in [-0.2, 0) is 36.4 Å². The summed E-state index contributed by atoms with van der Waals surface area (Å²) < 4.78 is 2.83. The van der Waals surface area contributed by atoms with E-state index in [0.29, 0.717) is 11.7 Å². The van der Waals surface area contributed by atoms with Gasteiger partial charge in [-0.05, 0) is 95.9 Å². The van der Waals surface area contributed by atoms with Gasteiger partial charge in [0.1, 0.15) is 0 Å². The van der Waals surface area contributed by atoms with Crippen LogP contribution in [0.25, 0.3) is 53.0 Å². The number of allylic oxidation sites excluding steroid dienone is 2. The van der Waals surface area contributed by atoms with E-state index in [9.17, 15) is 5.11 Å². The van der Waals surface area contributed by atoms with Gasteiger partial charge in [-0.3, -0.25) is 9.98 Å². The minimum absolute atomic E-state index is 0. The Morgan fingerprint density at radius 1 is 0.818 bits per heavy atom. The minimum atomic E-state index is -0.0899. The number of thiophene rings is 1. The van der Waals surface area contributed by atoms with Gasteiger partial charge in [0.15, 0.2) is 0 Å². The number of hydrogen-bond acceptors (Lipinski definition) is 4. The molecule has 0 bridgehead atoms. The smallest absolute Gasteiger partial charge is 0.0965 e. The molecule has 1 aliphatic carbocycles. The second kappa shape index (κ2) is 15.5. The van der Waals surface area contributed by atoms with E-state index in [1.165, 1.54) is 60.3 Å². The van der Waals surface area contributed by atoms with Crippen molar-refractivity contribution in [3.63, 3.8) is 0 Å². The molecule has 293 valence electrons. The molecule has 0 fully saturated rings. The van der Waals surface area contributed by atoms with Gasteiger partial charge in [-0.2, -0.15) is 0 Å². The van der Waals surface area contributed by atoms with Gasteiger partial charge in [-0.1, -0.05) is 124 Å². The first-order chi connectivity index (χ1) is 25.1. The van der Waals surface area contributed by atoms with Crippen molar-refractivity contribution in [2.24, 2.45) is 16.8 Å². The number of hydrogen-bond donors (Lipinski definition) is 1. The van der Waals surface area contributed by atoms with E-state index < -0.39 is 0 Å². The van der Waals surface area contributed by atoms with E-state index in [2.05, 4.69) is 155 Å². The first-order valence-corrected chi connectivity index (χ1v) is 20.6. The Morgan fingerprint density at radius 3 is 2.13 bits per heavy atom. The quantitative estimate of drug-likeness (QED) is 0.109. The number of rotatable bonds is 4. The molecular weight excluding hydrogens is 869 g/mol. The van der Waals surface area contributed by atoms with Crippen molar-refractivity contribution in [1.29, 1.82) is 0 Å². The Labute approximate surface area is 348 Å². The fourth-order valence-electron chi connectivity index (χ4n) is 7.85. The largest absolute Gasteiger partial charge is 0.512 e. The third-order valence-corrected chi connectivity index (χ3v) is 12.3. The molecule has 55 heavy (non-hydrogen) atoms. The molecule has 1 N–H and O–H groups in total. The van der Waals surface area contributed by atoms with Crippen LogP contribution < -0.4 is 0 Å². The number of fused-ring (bicyclic) bond motifs is 7. The van der Waals surface area contributed by atoms with Crippen LogP contribution in [0.1, 0.15) is 126 Å². The van der Waals surface area contributed by atoms with Gasteiger partial charge >= 0.3 is 0 Å². The van der Waals surface area contributed by atoms with Crippen molar-refractivity contribution in [3.05, 3.63) is 101 Å². The molecule has 2 heterocycles. The Bertz CT molecular complexity index is 2430. The van der Waals surface area contributed by atoms with Crippen molar-refractivity contribution < 1.29 is 25.2 Å². The summed E-state index contributed by atoms with van der Waals surface area (Å²) in [4.78, 5) is 9.57. The van der Waals surface area contributed by atoms with E-state index in [0.717, 1.165) is 22.4 Å². The van der Waals surface area contributed by atoms with E-state index in [1.807, 2.05) is 31.4 Å². The molecule has 7 rings (SSSR count). The first-order valence-electron chi connectivity index (χ1n) is 19.8. The summed E-state index contributed by atoms with van der Waals surface area (Å²) in [6.45, 7) is 30.9. The summed E-state index contributed by atoms with van der Waals surface area (Å²) in [5, 5.41) is 17.3. The van der Waals surface area contributed by atoms with E-state index in [1.54, 1.807) is 11.6 Å². The van der Waals surface area contributed by atoms with Gasteiger partial charge in [0.2, 0.25) is 0 Å². The standard InChI is InChI=1S/C37H36NS.C13H25NO.Ir/c1-35(2,3)30-19-24(18-22-10-8-9-11-25(22)30)33-27-21-28-26-12-13-29-32(37(6,7)16-15-36(29,4)5)34(26)39-31(28)20-23(27)14-17-38-33;1-9(2)11(14-13(5,6)7)8-12(15)10(3)4;/h8-14,17,19-21H,15-16H2,1-7H3;8-10,15H,1-7H3;/q-1;;/b;12-8-,14-11?;. The SMILES string of the molecule is CC(C)(C)c1cc(-c2nccc3cc4sc5c6c(ccc5c4cc23)C(C)(C)CCC6(C)C)[c-]c2ccccc12.CC(C)C(/C=C(\O)C(C)C)=NC(C)(C)C.[Ir]. The van der Waals surface area contributed by atoms with Crippen LogP contribution in [0, 0.1) is 17.9 Å². The molecule has 5 heteroatoms.